The summed E-state index contributed by atoms with van der Waals surface area (Å²) in [6.45, 7) is 7.44. The minimum Gasteiger partial charge on any atom is -0.294 e. The molecule has 0 spiro atoms. The second-order valence-corrected chi connectivity index (χ2v) is 8.77. The molecule has 0 aromatic rings. The van der Waals surface area contributed by atoms with Crippen molar-refractivity contribution < 1.29 is 17.5 Å². The molecule has 5 atom stereocenters. The Morgan fingerprint density at radius 1 is 1.26 bits per heavy atom. The maximum absolute atomic E-state index is 8.74. The largest absolute Gasteiger partial charge is 0.394 e. The van der Waals surface area contributed by atoms with E-state index in [0.29, 0.717) is 6.04 Å². The van der Waals surface area contributed by atoms with Crippen LogP contribution in [0.1, 0.15) is 33.1 Å². The lowest BCUT2D eigenvalue weighted by Crippen LogP contribution is -2.41. The molecule has 134 valence electrons. The second kappa shape index (κ2) is 7.82. The van der Waals surface area contributed by atoms with Crippen LogP contribution in [0.15, 0.2) is 4.99 Å². The Balaban J connectivity index is 0.000000338. The maximum Gasteiger partial charge on any atom is 0.394 e. The Morgan fingerprint density at radius 3 is 2.52 bits per heavy atom. The molecule has 0 bridgehead atoms. The van der Waals surface area contributed by atoms with E-state index in [1.54, 1.807) is 5.71 Å². The van der Waals surface area contributed by atoms with Gasteiger partial charge in [0, 0.05) is 30.7 Å². The highest BCUT2D eigenvalue weighted by Crippen LogP contribution is 2.45. The quantitative estimate of drug-likeness (QED) is 0.732. The zero-order chi connectivity index (χ0) is 17.2. The number of likely N-dealkylation sites (tertiary alicyclic amines) is 1. The average Bonchev–Trinajstić information content (AvgIpc) is 2.80. The zero-order valence-corrected chi connectivity index (χ0v) is 15.7. The minimum absolute atomic E-state index is 0.587. The molecule has 2 heterocycles. The van der Waals surface area contributed by atoms with Crippen LogP contribution in [0, 0.1) is 23.7 Å². The first kappa shape index (κ1) is 19.2. The first-order valence-corrected chi connectivity index (χ1v) is 11.0. The lowest BCUT2D eigenvalue weighted by atomic mass is 9.65. The van der Waals surface area contributed by atoms with E-state index in [4.69, 9.17) is 22.5 Å². The third-order valence-corrected chi connectivity index (χ3v) is 5.99. The third kappa shape index (κ3) is 5.42. The first-order chi connectivity index (χ1) is 10.7. The molecule has 3 rings (SSSR count). The lowest BCUT2D eigenvalue weighted by molar-refractivity contribution is 0.206. The monoisotopic (exact) mass is 364 g/mol. The van der Waals surface area contributed by atoms with Crippen LogP contribution in [0.2, 0.25) is 0 Å². The van der Waals surface area contributed by atoms with Gasteiger partial charge in [-0.3, -0.25) is 19.0 Å². The number of hydrogen-bond donors (Lipinski definition) is 2. The highest BCUT2D eigenvalue weighted by atomic mass is 32.3. The predicted octanol–water partition coefficient (Wildman–Crippen LogP) is 2.48. The van der Waals surface area contributed by atoms with Crippen molar-refractivity contribution >= 4 is 27.9 Å². The summed E-state index contributed by atoms with van der Waals surface area (Å²) in [5.74, 6) is 4.73. The molecule has 0 amide bonds. The Hall–Kier alpha value is -0.150. The molecule has 0 aromatic heterocycles. The molecular weight excluding hydrogens is 336 g/mol. The molecule has 1 saturated carbocycles. The van der Waals surface area contributed by atoms with Gasteiger partial charge in [-0.15, -0.1) is 11.8 Å². The number of hydrogen-bond acceptors (Lipinski definition) is 5. The van der Waals surface area contributed by atoms with Crippen LogP contribution in [-0.2, 0) is 10.4 Å². The molecule has 2 N–H and O–H groups in total. The van der Waals surface area contributed by atoms with Gasteiger partial charge in [0.05, 0.1) is 0 Å². The SMILES string of the molecule is CSCN1C[C@H]2CC3=NC(C)CCC3C(C)[C@@H]2C1.O=S(=O)(O)O. The van der Waals surface area contributed by atoms with Gasteiger partial charge in [0.25, 0.3) is 0 Å². The van der Waals surface area contributed by atoms with Crippen LogP contribution in [0.4, 0.5) is 0 Å². The minimum atomic E-state index is -4.67. The average molecular weight is 365 g/mol. The fourth-order valence-corrected chi connectivity index (χ4v) is 5.03. The van der Waals surface area contributed by atoms with Gasteiger partial charge in [-0.05, 0) is 56.1 Å². The van der Waals surface area contributed by atoms with Crippen LogP contribution >= 0.6 is 11.8 Å². The van der Waals surface area contributed by atoms with E-state index < -0.39 is 10.4 Å². The highest BCUT2D eigenvalue weighted by molar-refractivity contribution is 7.98. The molecule has 2 aliphatic heterocycles. The molecular formula is C15H28N2O4S2. The molecule has 3 unspecified atom stereocenters. The number of aliphatic imine (C=N–C) groups is 1. The standard InChI is InChI=1S/C15H26N2S.H2O4S/c1-10-4-5-13-11(2)14-8-17(9-18-3)7-12(14)6-15(13)16-10;1-5(2,3)4/h10-14H,4-9H2,1-3H3;(H2,1,2,3,4)/t10?,11?,12-,13?,14+;/m1./s1. The van der Waals surface area contributed by atoms with Crippen molar-refractivity contribution in [2.24, 2.45) is 28.7 Å². The van der Waals surface area contributed by atoms with E-state index in [-0.39, 0.29) is 0 Å². The summed E-state index contributed by atoms with van der Waals surface area (Å²) in [7, 11) is -4.67. The van der Waals surface area contributed by atoms with E-state index in [0.717, 1.165) is 23.7 Å². The normalized spacial score (nSPS) is 37.3. The van der Waals surface area contributed by atoms with E-state index in [1.165, 1.54) is 38.2 Å². The topological polar surface area (TPSA) is 90.2 Å². The summed E-state index contributed by atoms with van der Waals surface area (Å²) in [4.78, 5) is 7.64. The molecule has 0 radical (unpaired) electrons. The summed E-state index contributed by atoms with van der Waals surface area (Å²) in [6, 6.07) is 0.587. The Kier molecular flexibility index (Phi) is 6.52. The highest BCUT2D eigenvalue weighted by Gasteiger charge is 2.45. The first-order valence-electron chi connectivity index (χ1n) is 8.16. The van der Waals surface area contributed by atoms with Crippen molar-refractivity contribution in [3.05, 3.63) is 0 Å². The summed E-state index contributed by atoms with van der Waals surface area (Å²) < 4.78 is 31.6. The van der Waals surface area contributed by atoms with Crippen molar-refractivity contribution in [1.82, 2.24) is 4.90 Å². The Bertz CT molecular complexity index is 530. The smallest absolute Gasteiger partial charge is 0.294 e. The van der Waals surface area contributed by atoms with E-state index in [9.17, 15) is 0 Å². The summed E-state index contributed by atoms with van der Waals surface area (Å²) in [6.07, 6.45) is 6.23. The summed E-state index contributed by atoms with van der Waals surface area (Å²) in [5, 5.41) is 0. The van der Waals surface area contributed by atoms with Gasteiger partial charge in [0.1, 0.15) is 0 Å². The van der Waals surface area contributed by atoms with Crippen LogP contribution in [-0.4, -0.2) is 59.4 Å². The fourth-order valence-electron chi connectivity index (χ4n) is 4.46. The van der Waals surface area contributed by atoms with E-state index in [1.807, 2.05) is 11.8 Å². The number of fused-ring (bicyclic) bond motifs is 2. The summed E-state index contributed by atoms with van der Waals surface area (Å²) >= 11 is 1.97. The van der Waals surface area contributed by atoms with E-state index in [2.05, 4.69) is 25.0 Å². The predicted molar refractivity (Wildman–Crippen MR) is 94.5 cm³/mol. The molecule has 1 aliphatic carbocycles. The van der Waals surface area contributed by atoms with Gasteiger partial charge in [0.15, 0.2) is 0 Å². The van der Waals surface area contributed by atoms with Crippen LogP contribution in [0.3, 0.4) is 0 Å². The zero-order valence-electron chi connectivity index (χ0n) is 14.1. The van der Waals surface area contributed by atoms with Gasteiger partial charge in [-0.2, -0.15) is 8.42 Å². The van der Waals surface area contributed by atoms with Gasteiger partial charge in [-0.1, -0.05) is 6.92 Å². The van der Waals surface area contributed by atoms with Crippen molar-refractivity contribution in [3.63, 3.8) is 0 Å². The van der Waals surface area contributed by atoms with Crippen molar-refractivity contribution in [2.45, 2.75) is 39.2 Å². The molecule has 1 saturated heterocycles. The Morgan fingerprint density at radius 2 is 1.91 bits per heavy atom. The van der Waals surface area contributed by atoms with Crippen LogP contribution < -0.4 is 0 Å². The van der Waals surface area contributed by atoms with Gasteiger partial charge in [0.2, 0.25) is 0 Å². The lowest BCUT2D eigenvalue weighted by Gasteiger charge is -2.41. The van der Waals surface area contributed by atoms with Crippen LogP contribution in [0.25, 0.3) is 0 Å². The fraction of sp³-hybridized carbons (Fsp3) is 0.933. The number of rotatable bonds is 2. The molecule has 2 fully saturated rings. The van der Waals surface area contributed by atoms with Gasteiger partial charge in [-0.25, -0.2) is 0 Å². The van der Waals surface area contributed by atoms with Crippen molar-refractivity contribution in [1.29, 1.82) is 0 Å². The number of thioether (sulfide) groups is 1. The Labute approximate surface area is 143 Å². The van der Waals surface area contributed by atoms with Gasteiger partial charge < -0.3 is 0 Å². The molecule has 6 nitrogen and oxygen atoms in total. The van der Waals surface area contributed by atoms with Gasteiger partial charge >= 0.3 is 10.4 Å². The molecule has 0 aromatic carbocycles. The summed E-state index contributed by atoms with van der Waals surface area (Å²) in [5.41, 5.74) is 1.58. The maximum atomic E-state index is 8.74. The van der Waals surface area contributed by atoms with Crippen molar-refractivity contribution in [3.8, 4) is 0 Å². The van der Waals surface area contributed by atoms with Crippen LogP contribution in [0.5, 0.6) is 0 Å². The second-order valence-electron chi connectivity index (χ2n) is 7.04. The third-order valence-electron chi connectivity index (χ3n) is 5.37. The molecule has 8 heteroatoms. The van der Waals surface area contributed by atoms with E-state index >= 15 is 0 Å². The number of nitrogens with zero attached hydrogens (tertiary/aromatic N) is 2. The molecule has 3 aliphatic rings. The molecule has 23 heavy (non-hydrogen) atoms. The van der Waals surface area contributed by atoms with Crippen molar-refractivity contribution in [2.75, 3.05) is 25.2 Å².